The van der Waals surface area contributed by atoms with E-state index in [1.54, 1.807) is 0 Å². The van der Waals surface area contributed by atoms with Crippen LogP contribution >= 0.6 is 24.2 Å². The Morgan fingerprint density at radius 1 is 1.79 bits per heavy atom. The average Bonchev–Trinajstić information content (AvgIpc) is 2.15. The average molecular weight is 233 g/mol. The third kappa shape index (κ3) is 3.39. The fourth-order valence-electron chi connectivity index (χ4n) is 0.711. The van der Waals surface area contributed by atoms with Gasteiger partial charge in [0.25, 0.3) is 0 Å². The fourth-order valence-corrected chi connectivity index (χ4v) is 1.01. The highest BCUT2D eigenvalue weighted by Crippen LogP contribution is 2.13. The summed E-state index contributed by atoms with van der Waals surface area (Å²) in [6, 6.07) is 0. The van der Waals surface area contributed by atoms with Gasteiger partial charge < -0.3 is 5.32 Å². The van der Waals surface area contributed by atoms with E-state index >= 15 is 0 Å². The van der Waals surface area contributed by atoms with Crippen LogP contribution < -0.4 is 11.0 Å². The molecule has 0 aliphatic heterocycles. The van der Waals surface area contributed by atoms with E-state index in [0.717, 1.165) is 0 Å². The van der Waals surface area contributed by atoms with E-state index in [1.807, 2.05) is 0 Å². The molecule has 0 radical (unpaired) electrons. The molecule has 14 heavy (non-hydrogen) atoms. The lowest BCUT2D eigenvalue weighted by molar-refractivity contribution is 1.08. The highest BCUT2D eigenvalue weighted by atomic mass is 35.5. The van der Waals surface area contributed by atoms with Crippen LogP contribution in [0.15, 0.2) is 16.0 Å². The van der Waals surface area contributed by atoms with Crippen LogP contribution in [0.4, 0.5) is 5.69 Å². The van der Waals surface area contributed by atoms with Crippen LogP contribution in [0.2, 0.25) is 5.15 Å². The van der Waals surface area contributed by atoms with Crippen LogP contribution in [-0.4, -0.2) is 28.6 Å². The van der Waals surface area contributed by atoms with Crippen LogP contribution in [0.3, 0.4) is 0 Å². The van der Waals surface area contributed by atoms with Gasteiger partial charge >= 0.3 is 5.69 Å². The number of thiol groups is 1. The first-order valence-electron chi connectivity index (χ1n) is 3.84. The van der Waals surface area contributed by atoms with Crippen molar-refractivity contribution in [3.05, 3.63) is 21.8 Å². The first-order valence-corrected chi connectivity index (χ1v) is 4.85. The molecule has 76 valence electrons. The normalized spacial score (nSPS) is 10.7. The summed E-state index contributed by atoms with van der Waals surface area (Å²) >= 11 is 9.69. The maximum Gasteiger partial charge on any atom is 0.346 e. The zero-order chi connectivity index (χ0) is 10.4. The van der Waals surface area contributed by atoms with Crippen molar-refractivity contribution >= 4 is 36.3 Å². The Balaban J connectivity index is 2.63. The van der Waals surface area contributed by atoms with Crippen molar-refractivity contribution in [2.75, 3.05) is 17.6 Å². The summed E-state index contributed by atoms with van der Waals surface area (Å²) in [6.45, 7) is 0.616. The van der Waals surface area contributed by atoms with Gasteiger partial charge in [-0.3, -0.25) is 9.98 Å². The minimum absolute atomic E-state index is 0.210. The molecular weight excluding hydrogens is 224 g/mol. The Kier molecular flexibility index (Phi) is 4.48. The van der Waals surface area contributed by atoms with E-state index in [0.29, 0.717) is 18.0 Å². The van der Waals surface area contributed by atoms with Crippen LogP contribution in [0, 0.1) is 0 Å². The summed E-state index contributed by atoms with van der Waals surface area (Å²) in [4.78, 5) is 20.5. The highest BCUT2D eigenvalue weighted by Gasteiger charge is 1.98. The molecule has 1 rings (SSSR count). The molecule has 0 saturated carbocycles. The van der Waals surface area contributed by atoms with Crippen LogP contribution in [0.1, 0.15) is 0 Å². The lowest BCUT2D eigenvalue weighted by Gasteiger charge is -2.00. The van der Waals surface area contributed by atoms with Gasteiger partial charge in [-0.25, -0.2) is 4.79 Å². The van der Waals surface area contributed by atoms with Gasteiger partial charge in [0.15, 0.2) is 0 Å². The van der Waals surface area contributed by atoms with Crippen LogP contribution in [0.25, 0.3) is 0 Å². The number of halogens is 1. The Labute approximate surface area is 91.0 Å². The summed E-state index contributed by atoms with van der Waals surface area (Å²) in [5.41, 5.74) is 0.0297. The number of anilines is 1. The van der Waals surface area contributed by atoms with Crippen molar-refractivity contribution < 1.29 is 0 Å². The van der Waals surface area contributed by atoms with Crippen molar-refractivity contribution in [2.24, 2.45) is 4.99 Å². The van der Waals surface area contributed by atoms with Gasteiger partial charge in [0.1, 0.15) is 5.15 Å². The van der Waals surface area contributed by atoms with E-state index in [1.165, 1.54) is 12.5 Å². The smallest absolute Gasteiger partial charge is 0.343 e. The van der Waals surface area contributed by atoms with Gasteiger partial charge in [-0.2, -0.15) is 17.6 Å². The second-order valence-electron chi connectivity index (χ2n) is 2.32. The molecule has 0 amide bonds. The predicted octanol–water partition coefficient (Wildman–Crippen LogP) is 0.793. The maximum absolute atomic E-state index is 10.7. The highest BCUT2D eigenvalue weighted by molar-refractivity contribution is 7.80. The van der Waals surface area contributed by atoms with Crippen molar-refractivity contribution in [2.45, 2.75) is 0 Å². The van der Waals surface area contributed by atoms with E-state index in [-0.39, 0.29) is 5.15 Å². The monoisotopic (exact) mass is 232 g/mol. The number of rotatable bonds is 4. The quantitative estimate of drug-likeness (QED) is 0.311. The van der Waals surface area contributed by atoms with Crippen molar-refractivity contribution in [1.29, 1.82) is 0 Å². The maximum atomic E-state index is 10.7. The van der Waals surface area contributed by atoms with Crippen LogP contribution in [0.5, 0.6) is 0 Å². The minimum atomic E-state index is -0.479. The SMILES string of the molecule is O=c1ncc(NC=NCCS)c(Cl)[nH]1. The molecule has 2 N–H and O–H groups in total. The molecule has 0 atom stereocenters. The fraction of sp³-hybridized carbons (Fsp3) is 0.286. The number of aliphatic imine (C=N–C) groups is 1. The molecule has 0 saturated heterocycles. The summed E-state index contributed by atoms with van der Waals surface area (Å²) in [7, 11) is 0. The first-order chi connectivity index (χ1) is 6.74. The molecule has 1 heterocycles. The van der Waals surface area contributed by atoms with Crippen LogP contribution in [-0.2, 0) is 0 Å². The molecule has 1 aromatic rings. The Morgan fingerprint density at radius 3 is 3.21 bits per heavy atom. The van der Waals surface area contributed by atoms with E-state index in [2.05, 4.69) is 32.9 Å². The van der Waals surface area contributed by atoms with Gasteiger partial charge in [-0.15, -0.1) is 0 Å². The number of aromatic nitrogens is 2. The van der Waals surface area contributed by atoms with Gasteiger partial charge in [0.05, 0.1) is 18.2 Å². The van der Waals surface area contributed by atoms with E-state index < -0.39 is 5.69 Å². The number of aromatic amines is 1. The lowest BCUT2D eigenvalue weighted by Crippen LogP contribution is -2.11. The number of hydrogen-bond acceptors (Lipinski definition) is 4. The molecule has 0 bridgehead atoms. The minimum Gasteiger partial charge on any atom is -0.343 e. The molecule has 0 unspecified atom stereocenters. The van der Waals surface area contributed by atoms with Gasteiger partial charge in [0.2, 0.25) is 0 Å². The number of nitrogens with one attached hydrogen (secondary N) is 2. The molecule has 0 aliphatic rings. The number of nitrogens with zero attached hydrogens (tertiary/aromatic N) is 2. The zero-order valence-corrected chi connectivity index (χ0v) is 8.85. The molecule has 0 fully saturated rings. The molecule has 0 aliphatic carbocycles. The standard InChI is InChI=1S/C7H9ClN4OS/c8-6-5(3-10-7(13)12-6)11-4-9-1-2-14/h3-4,14H,1-2H2,(H,9,11)(H,10,12,13). The Bertz CT molecular complexity index is 378. The zero-order valence-electron chi connectivity index (χ0n) is 7.20. The molecular formula is C7H9ClN4OS. The number of H-pyrrole nitrogens is 1. The second-order valence-corrected chi connectivity index (χ2v) is 3.14. The first kappa shape index (κ1) is 11.1. The molecule has 0 spiro atoms. The lowest BCUT2D eigenvalue weighted by atomic mass is 10.5. The summed E-state index contributed by atoms with van der Waals surface area (Å²) < 4.78 is 0. The second kappa shape index (κ2) is 5.66. The third-order valence-corrected chi connectivity index (χ3v) is 1.80. The van der Waals surface area contributed by atoms with E-state index in [9.17, 15) is 4.79 Å². The summed E-state index contributed by atoms with van der Waals surface area (Å²) in [6.07, 6.45) is 2.82. The van der Waals surface area contributed by atoms with Crippen molar-refractivity contribution in [3.8, 4) is 0 Å². The van der Waals surface area contributed by atoms with E-state index in [4.69, 9.17) is 11.6 Å². The molecule has 7 heteroatoms. The van der Waals surface area contributed by atoms with Gasteiger partial charge in [-0.05, 0) is 0 Å². The van der Waals surface area contributed by atoms with Crippen molar-refractivity contribution in [3.63, 3.8) is 0 Å². The Morgan fingerprint density at radius 2 is 2.57 bits per heavy atom. The van der Waals surface area contributed by atoms with Gasteiger partial charge in [-0.1, -0.05) is 11.6 Å². The molecule has 1 aromatic heterocycles. The topological polar surface area (TPSA) is 70.1 Å². The third-order valence-electron chi connectivity index (χ3n) is 1.30. The molecule has 5 nitrogen and oxygen atoms in total. The number of hydrogen-bond donors (Lipinski definition) is 3. The summed E-state index contributed by atoms with van der Waals surface area (Å²) in [5, 5.41) is 3.00. The van der Waals surface area contributed by atoms with Gasteiger partial charge in [0, 0.05) is 12.3 Å². The Hall–Kier alpha value is -1.01. The van der Waals surface area contributed by atoms with Crippen molar-refractivity contribution in [1.82, 2.24) is 9.97 Å². The molecule has 0 aromatic carbocycles. The largest absolute Gasteiger partial charge is 0.346 e. The predicted molar refractivity (Wildman–Crippen MR) is 60.7 cm³/mol. The summed E-state index contributed by atoms with van der Waals surface area (Å²) in [5.74, 6) is 0.676.